The van der Waals surface area contributed by atoms with E-state index in [1.165, 1.54) is 17.7 Å². The second-order valence-electron chi connectivity index (χ2n) is 7.24. The molecule has 0 aliphatic heterocycles. The van der Waals surface area contributed by atoms with Gasteiger partial charge in [-0.05, 0) is 61.4 Å². The van der Waals surface area contributed by atoms with E-state index in [2.05, 4.69) is 24.4 Å². The molecule has 0 amide bonds. The van der Waals surface area contributed by atoms with Crippen LogP contribution >= 0.6 is 0 Å². The van der Waals surface area contributed by atoms with E-state index in [1.54, 1.807) is 6.07 Å². The summed E-state index contributed by atoms with van der Waals surface area (Å²) in [5.41, 5.74) is 8.27. The number of aryl methyl sites for hydroxylation is 2. The van der Waals surface area contributed by atoms with Gasteiger partial charge in [0.25, 0.3) is 0 Å². The van der Waals surface area contributed by atoms with Crippen LogP contribution < -0.4 is 11.1 Å². The number of rotatable bonds is 4. The van der Waals surface area contributed by atoms with Crippen LogP contribution in [0, 0.1) is 0 Å². The highest BCUT2D eigenvalue weighted by molar-refractivity contribution is 5.35. The van der Waals surface area contributed by atoms with E-state index in [1.807, 2.05) is 18.2 Å². The smallest absolute Gasteiger partial charge is 0.329 e. The van der Waals surface area contributed by atoms with E-state index in [0.717, 1.165) is 30.4 Å². The summed E-state index contributed by atoms with van der Waals surface area (Å²) in [6.07, 6.45) is -1.41. The van der Waals surface area contributed by atoms with Crippen LogP contribution in [0.4, 0.5) is 13.2 Å². The molecule has 3 N–H and O–H groups in total. The minimum Gasteiger partial charge on any atom is -0.329 e. The summed E-state index contributed by atoms with van der Waals surface area (Å²) >= 11 is 0. The van der Waals surface area contributed by atoms with Gasteiger partial charge in [0.05, 0.1) is 5.56 Å². The second-order valence-corrected chi connectivity index (χ2v) is 7.24. The molecule has 0 saturated carbocycles. The largest absolute Gasteiger partial charge is 0.416 e. The summed E-state index contributed by atoms with van der Waals surface area (Å²) in [5.74, 6) is 0. The lowest BCUT2D eigenvalue weighted by atomic mass is 9.88. The van der Waals surface area contributed by atoms with Gasteiger partial charge in [0.15, 0.2) is 0 Å². The van der Waals surface area contributed by atoms with Crippen LogP contribution in [-0.4, -0.2) is 12.1 Å². The molecule has 0 bridgehead atoms. The van der Waals surface area contributed by atoms with E-state index in [9.17, 15) is 13.2 Å². The topological polar surface area (TPSA) is 38.0 Å². The lowest BCUT2D eigenvalue weighted by Crippen LogP contribution is -2.52. The fourth-order valence-electron chi connectivity index (χ4n) is 3.84. The highest BCUT2D eigenvalue weighted by atomic mass is 19.4. The predicted octanol–water partition coefficient (Wildman–Crippen LogP) is 4.63. The molecule has 2 nitrogen and oxygen atoms in total. The molecule has 0 fully saturated rings. The van der Waals surface area contributed by atoms with Gasteiger partial charge in [0, 0.05) is 18.1 Å². The zero-order valence-corrected chi connectivity index (χ0v) is 14.9. The minimum atomic E-state index is -4.30. The summed E-state index contributed by atoms with van der Waals surface area (Å²) in [4.78, 5) is 0. The number of fused-ring (bicyclic) bond motifs is 1. The molecule has 26 heavy (non-hydrogen) atoms. The van der Waals surface area contributed by atoms with Crippen molar-refractivity contribution in [1.29, 1.82) is 0 Å². The van der Waals surface area contributed by atoms with Gasteiger partial charge < -0.3 is 11.1 Å². The van der Waals surface area contributed by atoms with Gasteiger partial charge in [0.2, 0.25) is 0 Å². The third-order valence-electron chi connectivity index (χ3n) is 5.49. The maximum Gasteiger partial charge on any atom is 0.416 e. The molecule has 0 spiro atoms. The molecule has 1 aliphatic rings. The molecule has 0 saturated heterocycles. The molecule has 140 valence electrons. The van der Waals surface area contributed by atoms with Gasteiger partial charge >= 0.3 is 6.18 Å². The lowest BCUT2D eigenvalue weighted by Gasteiger charge is -2.36. The van der Waals surface area contributed by atoms with Gasteiger partial charge in [-0.1, -0.05) is 36.4 Å². The zero-order chi connectivity index (χ0) is 18.8. The van der Waals surface area contributed by atoms with E-state index < -0.39 is 11.7 Å². The first-order valence-corrected chi connectivity index (χ1v) is 9.05. The van der Waals surface area contributed by atoms with Crippen LogP contribution in [0.2, 0.25) is 0 Å². The van der Waals surface area contributed by atoms with Crippen molar-refractivity contribution in [3.63, 3.8) is 0 Å². The fraction of sp³-hybridized carbons (Fsp3) is 0.429. The van der Waals surface area contributed by atoms with E-state index in [0.29, 0.717) is 13.0 Å². The Labute approximate surface area is 152 Å². The molecule has 1 aliphatic carbocycles. The maximum absolute atomic E-state index is 13.0. The molecule has 2 aromatic rings. The third-order valence-corrected chi connectivity index (χ3v) is 5.49. The third kappa shape index (κ3) is 4.10. The Morgan fingerprint density at radius 2 is 1.69 bits per heavy atom. The van der Waals surface area contributed by atoms with Crippen LogP contribution in [0.15, 0.2) is 48.5 Å². The lowest BCUT2D eigenvalue weighted by molar-refractivity contribution is -0.137. The Hall–Kier alpha value is -1.85. The van der Waals surface area contributed by atoms with E-state index in [4.69, 9.17) is 5.73 Å². The molecule has 5 heteroatoms. The Morgan fingerprint density at radius 1 is 1.04 bits per heavy atom. The Balaban J connectivity index is 1.79. The van der Waals surface area contributed by atoms with E-state index >= 15 is 0 Å². The summed E-state index contributed by atoms with van der Waals surface area (Å²) in [5, 5.41) is 3.67. The number of hydrogen-bond acceptors (Lipinski definition) is 2. The molecular formula is C21H25F3N2. The molecular weight excluding hydrogens is 337 g/mol. The SMILES string of the molecule is C[C@@H](N[C@@]1(CN)CCc2ccc(C(F)(F)F)cc2CC1)c1ccccc1. The van der Waals surface area contributed by atoms with Crippen LogP contribution in [0.1, 0.15) is 48.1 Å². The molecule has 3 rings (SSSR count). The van der Waals surface area contributed by atoms with Gasteiger partial charge in [-0.3, -0.25) is 0 Å². The highest BCUT2D eigenvalue weighted by Gasteiger charge is 2.34. The molecule has 0 heterocycles. The van der Waals surface area contributed by atoms with Crippen molar-refractivity contribution in [3.05, 3.63) is 70.8 Å². The first-order chi connectivity index (χ1) is 12.3. The summed E-state index contributed by atoms with van der Waals surface area (Å²) < 4.78 is 39.0. The zero-order valence-electron chi connectivity index (χ0n) is 14.9. The van der Waals surface area contributed by atoms with Crippen molar-refractivity contribution in [2.75, 3.05) is 6.54 Å². The maximum atomic E-state index is 13.0. The normalized spacial score (nSPS) is 21.7. The molecule has 2 aromatic carbocycles. The number of alkyl halides is 3. The molecule has 2 atom stereocenters. The number of nitrogens with two attached hydrogens (primary N) is 1. The standard InChI is InChI=1S/C21H25F3N2/c1-15(16-5-3-2-4-6-16)26-20(14-25)11-9-17-7-8-19(21(22,23)24)13-18(17)10-12-20/h2-8,13,15,26H,9-12,14,25H2,1H3/t15-,20+/m1/s1. The summed E-state index contributed by atoms with van der Waals surface area (Å²) in [7, 11) is 0. The van der Waals surface area contributed by atoms with Gasteiger partial charge in [0.1, 0.15) is 0 Å². The van der Waals surface area contributed by atoms with Crippen LogP contribution in [0.3, 0.4) is 0 Å². The molecule has 0 aromatic heterocycles. The molecule has 0 radical (unpaired) electrons. The van der Waals surface area contributed by atoms with Gasteiger partial charge in [-0.15, -0.1) is 0 Å². The van der Waals surface area contributed by atoms with Crippen LogP contribution in [0.25, 0.3) is 0 Å². The fourth-order valence-corrected chi connectivity index (χ4v) is 3.84. The Bertz CT molecular complexity index is 743. The number of benzene rings is 2. The quantitative estimate of drug-likeness (QED) is 0.778. The average Bonchev–Trinajstić information content (AvgIpc) is 2.82. The van der Waals surface area contributed by atoms with Gasteiger partial charge in [-0.2, -0.15) is 13.2 Å². The van der Waals surface area contributed by atoms with Crippen molar-refractivity contribution >= 4 is 0 Å². The number of nitrogens with one attached hydrogen (secondary N) is 1. The van der Waals surface area contributed by atoms with Crippen LogP contribution in [-0.2, 0) is 19.0 Å². The van der Waals surface area contributed by atoms with Crippen molar-refractivity contribution in [1.82, 2.24) is 5.32 Å². The number of hydrogen-bond donors (Lipinski definition) is 2. The van der Waals surface area contributed by atoms with Crippen molar-refractivity contribution < 1.29 is 13.2 Å². The van der Waals surface area contributed by atoms with Crippen molar-refractivity contribution in [2.45, 2.75) is 50.4 Å². The predicted molar refractivity (Wildman–Crippen MR) is 97.9 cm³/mol. The minimum absolute atomic E-state index is 0.131. The number of halogens is 3. The summed E-state index contributed by atoms with van der Waals surface area (Å²) in [6.45, 7) is 2.57. The van der Waals surface area contributed by atoms with Crippen molar-refractivity contribution in [2.24, 2.45) is 5.73 Å². The Morgan fingerprint density at radius 3 is 2.31 bits per heavy atom. The molecule has 0 unspecified atom stereocenters. The van der Waals surface area contributed by atoms with Crippen LogP contribution in [0.5, 0.6) is 0 Å². The summed E-state index contributed by atoms with van der Waals surface area (Å²) in [6, 6.07) is 14.4. The van der Waals surface area contributed by atoms with E-state index in [-0.39, 0.29) is 11.6 Å². The first kappa shape index (κ1) is 18.9. The second kappa shape index (κ2) is 7.41. The highest BCUT2D eigenvalue weighted by Crippen LogP contribution is 2.34. The van der Waals surface area contributed by atoms with Gasteiger partial charge in [-0.25, -0.2) is 0 Å². The van der Waals surface area contributed by atoms with Crippen molar-refractivity contribution in [3.8, 4) is 0 Å². The first-order valence-electron chi connectivity index (χ1n) is 9.05. The monoisotopic (exact) mass is 362 g/mol. The average molecular weight is 362 g/mol. The Kier molecular flexibility index (Phi) is 5.39.